The van der Waals surface area contributed by atoms with Crippen LogP contribution >= 0.6 is 0 Å². The molecule has 0 amide bonds. The monoisotopic (exact) mass is 178 g/mol. The van der Waals surface area contributed by atoms with Gasteiger partial charge in [-0.15, -0.1) is 0 Å². The van der Waals surface area contributed by atoms with Crippen LogP contribution in [-0.2, 0) is 0 Å². The van der Waals surface area contributed by atoms with E-state index in [2.05, 4.69) is 11.9 Å². The first kappa shape index (κ1) is 9.92. The van der Waals surface area contributed by atoms with Crippen LogP contribution in [0.25, 0.3) is 0 Å². The van der Waals surface area contributed by atoms with E-state index in [0.717, 1.165) is 11.6 Å². The van der Waals surface area contributed by atoms with Gasteiger partial charge in [0.25, 0.3) is 0 Å². The van der Waals surface area contributed by atoms with E-state index in [9.17, 15) is 0 Å². The molecule has 1 aromatic carbocycles. The number of hydrogen-bond donors (Lipinski definition) is 3. The second-order valence-electron chi connectivity index (χ2n) is 2.63. The van der Waals surface area contributed by atoms with Crippen LogP contribution in [0, 0.1) is 6.54 Å². The SMILES string of the molecule is C=CC(O)(O)N[CH]c1ccccc1. The summed E-state index contributed by atoms with van der Waals surface area (Å²) in [5.41, 5.74) is 0.858. The Kier molecular flexibility index (Phi) is 3.19. The Hall–Kier alpha value is -1.16. The highest BCUT2D eigenvalue weighted by Crippen LogP contribution is 2.03. The first-order chi connectivity index (χ1) is 6.14. The van der Waals surface area contributed by atoms with Gasteiger partial charge in [-0.25, -0.2) is 0 Å². The van der Waals surface area contributed by atoms with Crippen molar-refractivity contribution in [3.63, 3.8) is 0 Å². The molecule has 0 spiro atoms. The molecule has 0 saturated carbocycles. The van der Waals surface area contributed by atoms with Gasteiger partial charge in [0.15, 0.2) is 0 Å². The standard InChI is InChI=1S/C10H12NO2/c1-2-10(12,13)11-8-9-6-4-3-5-7-9/h2-8,11-13H,1H2. The lowest BCUT2D eigenvalue weighted by Gasteiger charge is -2.17. The van der Waals surface area contributed by atoms with Gasteiger partial charge < -0.3 is 10.2 Å². The van der Waals surface area contributed by atoms with Crippen molar-refractivity contribution in [3.8, 4) is 0 Å². The molecule has 1 aromatic rings. The van der Waals surface area contributed by atoms with Crippen LogP contribution in [0.5, 0.6) is 0 Å². The van der Waals surface area contributed by atoms with Crippen molar-refractivity contribution >= 4 is 0 Å². The number of rotatable bonds is 4. The van der Waals surface area contributed by atoms with Crippen LogP contribution < -0.4 is 5.32 Å². The van der Waals surface area contributed by atoms with Gasteiger partial charge in [0.05, 0.1) is 6.54 Å². The topological polar surface area (TPSA) is 52.5 Å². The summed E-state index contributed by atoms with van der Waals surface area (Å²) >= 11 is 0. The van der Waals surface area contributed by atoms with E-state index in [0.29, 0.717) is 0 Å². The molecular weight excluding hydrogens is 166 g/mol. The summed E-state index contributed by atoms with van der Waals surface area (Å²) in [7, 11) is 0. The number of nitrogens with one attached hydrogen (secondary N) is 1. The number of benzene rings is 1. The quantitative estimate of drug-likeness (QED) is 0.467. The molecule has 0 bridgehead atoms. The Bertz CT molecular complexity index is 270. The van der Waals surface area contributed by atoms with E-state index >= 15 is 0 Å². The van der Waals surface area contributed by atoms with Crippen molar-refractivity contribution in [2.75, 3.05) is 0 Å². The van der Waals surface area contributed by atoms with Crippen LogP contribution in [0.15, 0.2) is 43.0 Å². The van der Waals surface area contributed by atoms with Crippen LogP contribution in [0.2, 0.25) is 0 Å². The van der Waals surface area contributed by atoms with Crippen molar-refractivity contribution in [2.24, 2.45) is 0 Å². The van der Waals surface area contributed by atoms with Gasteiger partial charge in [0.2, 0.25) is 5.91 Å². The molecule has 1 rings (SSSR count). The summed E-state index contributed by atoms with van der Waals surface area (Å²) in [5, 5.41) is 20.6. The third-order valence-electron chi connectivity index (χ3n) is 1.54. The largest absolute Gasteiger partial charge is 0.350 e. The molecule has 0 aliphatic carbocycles. The van der Waals surface area contributed by atoms with Gasteiger partial charge in [0, 0.05) is 0 Å². The molecule has 3 nitrogen and oxygen atoms in total. The van der Waals surface area contributed by atoms with E-state index in [4.69, 9.17) is 10.2 Å². The van der Waals surface area contributed by atoms with E-state index < -0.39 is 5.91 Å². The smallest absolute Gasteiger partial charge is 0.243 e. The summed E-state index contributed by atoms with van der Waals surface area (Å²) in [6.45, 7) is 4.76. The summed E-state index contributed by atoms with van der Waals surface area (Å²) in [4.78, 5) is 0. The van der Waals surface area contributed by atoms with Gasteiger partial charge in [-0.1, -0.05) is 36.9 Å². The predicted molar refractivity (Wildman–Crippen MR) is 50.3 cm³/mol. The molecule has 13 heavy (non-hydrogen) atoms. The third-order valence-corrected chi connectivity index (χ3v) is 1.54. The molecule has 3 N–H and O–H groups in total. The second-order valence-corrected chi connectivity index (χ2v) is 2.63. The normalized spacial score (nSPS) is 11.2. The maximum Gasteiger partial charge on any atom is 0.243 e. The average Bonchev–Trinajstić information content (AvgIpc) is 2.17. The van der Waals surface area contributed by atoms with E-state index in [1.165, 1.54) is 6.54 Å². The molecule has 0 unspecified atom stereocenters. The first-order valence-electron chi connectivity index (χ1n) is 3.88. The third kappa shape index (κ3) is 3.38. The number of aliphatic hydroxyl groups is 2. The van der Waals surface area contributed by atoms with Crippen LogP contribution in [0.3, 0.4) is 0 Å². The summed E-state index contributed by atoms with van der Waals surface area (Å²) in [6.07, 6.45) is 1.01. The van der Waals surface area contributed by atoms with Gasteiger partial charge >= 0.3 is 0 Å². The van der Waals surface area contributed by atoms with Gasteiger partial charge in [0.1, 0.15) is 0 Å². The summed E-state index contributed by atoms with van der Waals surface area (Å²) < 4.78 is 0. The lowest BCUT2D eigenvalue weighted by atomic mass is 10.2. The summed E-state index contributed by atoms with van der Waals surface area (Å²) in [6, 6.07) is 9.28. The van der Waals surface area contributed by atoms with E-state index in [-0.39, 0.29) is 0 Å². The highest BCUT2D eigenvalue weighted by Gasteiger charge is 2.15. The minimum absolute atomic E-state index is 0.858. The van der Waals surface area contributed by atoms with Gasteiger partial charge in [-0.3, -0.25) is 5.32 Å². The zero-order valence-corrected chi connectivity index (χ0v) is 7.14. The Labute approximate surface area is 77.3 Å². The lowest BCUT2D eigenvalue weighted by molar-refractivity contribution is -0.136. The molecule has 0 fully saturated rings. The van der Waals surface area contributed by atoms with E-state index in [1.54, 1.807) is 0 Å². The zero-order chi connectivity index (χ0) is 9.73. The van der Waals surface area contributed by atoms with Gasteiger partial charge in [-0.2, -0.15) is 0 Å². The molecule has 0 saturated heterocycles. The van der Waals surface area contributed by atoms with Crippen molar-refractivity contribution < 1.29 is 10.2 Å². The van der Waals surface area contributed by atoms with Crippen molar-refractivity contribution in [1.82, 2.24) is 5.32 Å². The first-order valence-corrected chi connectivity index (χ1v) is 3.88. The second kappa shape index (κ2) is 4.18. The molecule has 0 atom stereocenters. The average molecular weight is 178 g/mol. The van der Waals surface area contributed by atoms with Crippen LogP contribution in [-0.4, -0.2) is 16.1 Å². The maximum absolute atomic E-state index is 9.08. The lowest BCUT2D eigenvalue weighted by Crippen LogP contribution is -2.41. The minimum Gasteiger partial charge on any atom is -0.350 e. The molecule has 0 heterocycles. The number of hydrogen-bond acceptors (Lipinski definition) is 3. The Morgan fingerprint density at radius 3 is 2.38 bits per heavy atom. The van der Waals surface area contributed by atoms with Crippen LogP contribution in [0.4, 0.5) is 0 Å². The summed E-state index contributed by atoms with van der Waals surface area (Å²) in [5.74, 6) is -2.05. The van der Waals surface area contributed by atoms with Gasteiger partial charge in [-0.05, 0) is 11.6 Å². The highest BCUT2D eigenvalue weighted by molar-refractivity contribution is 5.21. The molecule has 1 radical (unpaired) electrons. The zero-order valence-electron chi connectivity index (χ0n) is 7.14. The fourth-order valence-corrected chi connectivity index (χ4v) is 0.798. The maximum atomic E-state index is 9.08. The fourth-order valence-electron chi connectivity index (χ4n) is 0.798. The fraction of sp³-hybridized carbons (Fsp3) is 0.100. The van der Waals surface area contributed by atoms with E-state index in [1.807, 2.05) is 30.3 Å². The Morgan fingerprint density at radius 1 is 1.23 bits per heavy atom. The molecule has 3 heteroatoms. The molecule has 69 valence electrons. The molecule has 0 aromatic heterocycles. The van der Waals surface area contributed by atoms with Crippen LogP contribution in [0.1, 0.15) is 5.56 Å². The van der Waals surface area contributed by atoms with Crippen molar-refractivity contribution in [1.29, 1.82) is 0 Å². The molecule has 0 aliphatic heterocycles. The molecule has 0 aliphatic rings. The Morgan fingerprint density at radius 2 is 1.85 bits per heavy atom. The van der Waals surface area contributed by atoms with Crippen molar-refractivity contribution in [3.05, 3.63) is 55.1 Å². The van der Waals surface area contributed by atoms with Crippen molar-refractivity contribution in [2.45, 2.75) is 5.91 Å². The highest BCUT2D eigenvalue weighted by atomic mass is 16.5. The minimum atomic E-state index is -2.05. The predicted octanol–water partition coefficient (Wildman–Crippen LogP) is 0.610. The Balaban J connectivity index is 2.48. The molecular formula is C10H12NO2.